The number of nitrogens with one attached hydrogen (secondary N) is 1. The zero-order chi connectivity index (χ0) is 15.6. The van der Waals surface area contributed by atoms with E-state index >= 15 is 0 Å². The average molecular weight is 374 g/mol. The van der Waals surface area contributed by atoms with Crippen LogP contribution in [-0.2, 0) is 0 Å². The SMILES string of the molecule is O=C(Nc1ccc(Cl)cc1Br)c1cc([N+](=O)[O-])ccc1F. The number of nitro benzene ring substituents is 1. The number of hydrogen-bond acceptors (Lipinski definition) is 3. The Kier molecular flexibility index (Phi) is 4.54. The number of non-ortho nitro benzene ring substituents is 1. The quantitative estimate of drug-likeness (QED) is 0.640. The maximum Gasteiger partial charge on any atom is 0.270 e. The Labute approximate surface area is 132 Å². The van der Waals surface area contributed by atoms with E-state index in [9.17, 15) is 19.3 Å². The van der Waals surface area contributed by atoms with E-state index in [1.165, 1.54) is 6.07 Å². The van der Waals surface area contributed by atoms with Crippen LogP contribution < -0.4 is 5.32 Å². The van der Waals surface area contributed by atoms with Gasteiger partial charge in [-0.1, -0.05) is 11.6 Å². The summed E-state index contributed by atoms with van der Waals surface area (Å²) in [7, 11) is 0. The number of amides is 1. The van der Waals surface area contributed by atoms with Gasteiger partial charge >= 0.3 is 0 Å². The largest absolute Gasteiger partial charge is 0.321 e. The number of nitro groups is 1. The van der Waals surface area contributed by atoms with Gasteiger partial charge < -0.3 is 5.32 Å². The summed E-state index contributed by atoms with van der Waals surface area (Å²) in [6.45, 7) is 0. The highest BCUT2D eigenvalue weighted by molar-refractivity contribution is 9.10. The molecule has 0 fully saturated rings. The molecule has 1 amide bonds. The van der Waals surface area contributed by atoms with E-state index in [1.807, 2.05) is 0 Å². The summed E-state index contributed by atoms with van der Waals surface area (Å²) in [4.78, 5) is 22.0. The van der Waals surface area contributed by atoms with E-state index in [0.717, 1.165) is 18.2 Å². The van der Waals surface area contributed by atoms with Crippen molar-refractivity contribution in [2.24, 2.45) is 0 Å². The maximum absolute atomic E-state index is 13.6. The first-order chi connectivity index (χ1) is 9.88. The minimum atomic E-state index is -0.844. The van der Waals surface area contributed by atoms with Crippen LogP contribution in [0.4, 0.5) is 15.8 Å². The van der Waals surface area contributed by atoms with Gasteiger partial charge in [-0.15, -0.1) is 0 Å². The fourth-order valence-electron chi connectivity index (χ4n) is 1.58. The van der Waals surface area contributed by atoms with Crippen LogP contribution in [0.2, 0.25) is 5.02 Å². The van der Waals surface area contributed by atoms with Gasteiger partial charge in [-0.25, -0.2) is 4.39 Å². The molecule has 8 heteroatoms. The van der Waals surface area contributed by atoms with Gasteiger partial charge in [0.2, 0.25) is 0 Å². The van der Waals surface area contributed by atoms with Crippen molar-refractivity contribution in [3.05, 3.63) is 67.4 Å². The molecule has 21 heavy (non-hydrogen) atoms. The number of rotatable bonds is 3. The Balaban J connectivity index is 2.32. The molecule has 0 atom stereocenters. The van der Waals surface area contributed by atoms with Crippen LogP contribution in [0.5, 0.6) is 0 Å². The Morgan fingerprint density at radius 1 is 1.29 bits per heavy atom. The summed E-state index contributed by atoms with van der Waals surface area (Å²) in [6, 6.07) is 7.38. The number of carbonyl (C=O) groups is 1. The Morgan fingerprint density at radius 2 is 2.00 bits per heavy atom. The molecular weight excluding hydrogens is 367 g/mol. The molecule has 2 aromatic carbocycles. The van der Waals surface area contributed by atoms with Crippen molar-refractivity contribution in [1.29, 1.82) is 0 Å². The van der Waals surface area contributed by atoms with Crippen LogP contribution in [0.1, 0.15) is 10.4 Å². The third kappa shape index (κ3) is 3.56. The average Bonchev–Trinajstić information content (AvgIpc) is 2.42. The molecule has 0 aliphatic heterocycles. The number of nitrogens with zero attached hydrogens (tertiary/aromatic N) is 1. The van der Waals surface area contributed by atoms with Crippen LogP contribution in [0.3, 0.4) is 0 Å². The van der Waals surface area contributed by atoms with Gasteiger partial charge in [0.15, 0.2) is 0 Å². The van der Waals surface area contributed by atoms with Gasteiger partial charge in [-0.05, 0) is 40.2 Å². The zero-order valence-electron chi connectivity index (χ0n) is 10.3. The molecule has 0 radical (unpaired) electrons. The van der Waals surface area contributed by atoms with Crippen molar-refractivity contribution >= 4 is 44.8 Å². The maximum atomic E-state index is 13.6. The fraction of sp³-hybridized carbons (Fsp3) is 0. The first kappa shape index (κ1) is 15.4. The van der Waals surface area contributed by atoms with E-state index in [0.29, 0.717) is 15.2 Å². The minimum absolute atomic E-state index is 0.364. The van der Waals surface area contributed by atoms with Crippen molar-refractivity contribution in [2.75, 3.05) is 5.32 Å². The summed E-state index contributed by atoms with van der Waals surface area (Å²) in [5.74, 6) is -1.64. The van der Waals surface area contributed by atoms with Crippen molar-refractivity contribution in [2.45, 2.75) is 0 Å². The summed E-state index contributed by atoms with van der Waals surface area (Å²) < 4.78 is 14.1. The monoisotopic (exact) mass is 372 g/mol. The van der Waals surface area contributed by atoms with E-state index in [1.54, 1.807) is 12.1 Å². The van der Waals surface area contributed by atoms with Gasteiger partial charge in [0.05, 0.1) is 16.2 Å². The summed E-state index contributed by atoms with van der Waals surface area (Å²) in [5.41, 5.74) is -0.405. The van der Waals surface area contributed by atoms with Gasteiger partial charge in [0.1, 0.15) is 5.82 Å². The number of halogens is 3. The number of anilines is 1. The Morgan fingerprint density at radius 3 is 2.62 bits per heavy atom. The number of hydrogen-bond donors (Lipinski definition) is 1. The summed E-state index contributed by atoms with van der Waals surface area (Å²) in [6.07, 6.45) is 0. The second-order valence-electron chi connectivity index (χ2n) is 4.00. The van der Waals surface area contributed by atoms with Gasteiger partial charge in [-0.3, -0.25) is 14.9 Å². The van der Waals surface area contributed by atoms with Crippen molar-refractivity contribution in [1.82, 2.24) is 0 Å². The molecule has 0 aliphatic rings. The van der Waals surface area contributed by atoms with E-state index < -0.39 is 22.2 Å². The van der Waals surface area contributed by atoms with Crippen LogP contribution in [-0.4, -0.2) is 10.8 Å². The molecule has 108 valence electrons. The molecule has 0 aliphatic carbocycles. The predicted molar refractivity (Wildman–Crippen MR) is 80.2 cm³/mol. The lowest BCUT2D eigenvalue weighted by atomic mass is 10.1. The molecule has 0 aromatic heterocycles. The van der Waals surface area contributed by atoms with Gasteiger partial charge in [0, 0.05) is 21.6 Å². The van der Waals surface area contributed by atoms with Crippen molar-refractivity contribution < 1.29 is 14.1 Å². The Hall–Kier alpha value is -1.99. The summed E-state index contributed by atoms with van der Waals surface area (Å²) >= 11 is 8.98. The molecule has 0 spiro atoms. The second kappa shape index (κ2) is 6.19. The van der Waals surface area contributed by atoms with Crippen molar-refractivity contribution in [3.63, 3.8) is 0 Å². The van der Waals surface area contributed by atoms with E-state index in [4.69, 9.17) is 11.6 Å². The first-order valence-electron chi connectivity index (χ1n) is 5.59. The lowest BCUT2D eigenvalue weighted by Crippen LogP contribution is -2.14. The molecule has 2 rings (SSSR count). The van der Waals surface area contributed by atoms with E-state index in [2.05, 4.69) is 21.2 Å². The Bertz CT molecular complexity index is 739. The minimum Gasteiger partial charge on any atom is -0.321 e. The zero-order valence-corrected chi connectivity index (χ0v) is 12.6. The normalized spacial score (nSPS) is 10.2. The third-order valence-electron chi connectivity index (χ3n) is 2.58. The predicted octanol–water partition coefficient (Wildman–Crippen LogP) is 4.40. The number of carbonyl (C=O) groups excluding carboxylic acids is 1. The van der Waals surface area contributed by atoms with E-state index in [-0.39, 0.29) is 5.69 Å². The van der Waals surface area contributed by atoms with Gasteiger partial charge in [-0.2, -0.15) is 0 Å². The smallest absolute Gasteiger partial charge is 0.270 e. The molecule has 0 unspecified atom stereocenters. The summed E-state index contributed by atoms with van der Waals surface area (Å²) in [5, 5.41) is 13.6. The molecule has 5 nitrogen and oxygen atoms in total. The van der Waals surface area contributed by atoms with Crippen LogP contribution in [0, 0.1) is 15.9 Å². The topological polar surface area (TPSA) is 72.2 Å². The lowest BCUT2D eigenvalue weighted by Gasteiger charge is -2.08. The first-order valence-corrected chi connectivity index (χ1v) is 6.76. The highest BCUT2D eigenvalue weighted by atomic mass is 79.9. The lowest BCUT2D eigenvalue weighted by molar-refractivity contribution is -0.384. The fourth-order valence-corrected chi connectivity index (χ4v) is 2.36. The third-order valence-corrected chi connectivity index (χ3v) is 3.48. The molecule has 0 bridgehead atoms. The molecule has 2 aromatic rings. The highest BCUT2D eigenvalue weighted by Crippen LogP contribution is 2.27. The molecule has 0 saturated carbocycles. The molecule has 0 saturated heterocycles. The van der Waals surface area contributed by atoms with Crippen molar-refractivity contribution in [3.8, 4) is 0 Å². The standard InChI is InChI=1S/C13H7BrClFN2O3/c14-10-5-7(15)1-4-12(10)17-13(19)9-6-8(18(20)21)2-3-11(9)16/h1-6H,(H,17,19). The van der Waals surface area contributed by atoms with Crippen LogP contribution >= 0.6 is 27.5 Å². The van der Waals surface area contributed by atoms with Gasteiger partial charge in [0.25, 0.3) is 11.6 Å². The highest BCUT2D eigenvalue weighted by Gasteiger charge is 2.17. The van der Waals surface area contributed by atoms with Crippen LogP contribution in [0.15, 0.2) is 40.9 Å². The van der Waals surface area contributed by atoms with Crippen LogP contribution in [0.25, 0.3) is 0 Å². The second-order valence-corrected chi connectivity index (χ2v) is 5.29. The molecular formula is C13H7BrClFN2O3. The molecule has 0 heterocycles. The molecule has 1 N–H and O–H groups in total. The number of benzene rings is 2.